The van der Waals surface area contributed by atoms with E-state index >= 15 is 0 Å². The molecule has 0 spiro atoms. The predicted octanol–water partition coefficient (Wildman–Crippen LogP) is 3.40. The first-order chi connectivity index (χ1) is 10.6. The summed E-state index contributed by atoms with van der Waals surface area (Å²) in [4.78, 5) is 12.3. The average Bonchev–Trinajstić information content (AvgIpc) is 3.12. The smallest absolute Gasteiger partial charge is 0.254 e. The van der Waals surface area contributed by atoms with Crippen LogP contribution in [-0.4, -0.2) is 19.1 Å². The van der Waals surface area contributed by atoms with Crippen molar-refractivity contribution in [2.75, 3.05) is 13.2 Å². The normalized spacial score (nSPS) is 21.0. The zero-order valence-electron chi connectivity index (χ0n) is 13.0. The molecule has 2 atom stereocenters. The molecule has 1 aliphatic heterocycles. The zero-order valence-corrected chi connectivity index (χ0v) is 13.0. The molecule has 0 bridgehead atoms. The number of benzene rings is 1. The Morgan fingerprint density at radius 2 is 2.05 bits per heavy atom. The molecule has 0 unspecified atom stereocenters. The molecule has 4 nitrogen and oxygen atoms in total. The number of rotatable bonds is 4. The van der Waals surface area contributed by atoms with E-state index in [9.17, 15) is 4.79 Å². The van der Waals surface area contributed by atoms with Crippen molar-refractivity contribution in [2.45, 2.75) is 26.4 Å². The third-order valence-electron chi connectivity index (χ3n) is 4.15. The van der Waals surface area contributed by atoms with Gasteiger partial charge >= 0.3 is 0 Å². The van der Waals surface area contributed by atoms with E-state index in [0.717, 1.165) is 18.8 Å². The Bertz CT molecular complexity index is 648. The molecule has 1 N–H and O–H groups in total. The summed E-state index contributed by atoms with van der Waals surface area (Å²) in [5.41, 5.74) is 1.79. The van der Waals surface area contributed by atoms with Crippen molar-refractivity contribution in [3.63, 3.8) is 0 Å². The van der Waals surface area contributed by atoms with Crippen LogP contribution >= 0.6 is 0 Å². The van der Waals surface area contributed by atoms with Gasteiger partial charge in [-0.2, -0.15) is 0 Å². The second kappa shape index (κ2) is 6.36. The molecule has 22 heavy (non-hydrogen) atoms. The second-order valence-electron chi connectivity index (χ2n) is 5.79. The summed E-state index contributed by atoms with van der Waals surface area (Å²) in [5.74, 6) is 1.65. The monoisotopic (exact) mass is 299 g/mol. The summed E-state index contributed by atoms with van der Waals surface area (Å²) in [6.07, 6.45) is 1.03. The third-order valence-corrected chi connectivity index (χ3v) is 4.15. The van der Waals surface area contributed by atoms with E-state index < -0.39 is 0 Å². The van der Waals surface area contributed by atoms with Crippen LogP contribution in [-0.2, 0) is 4.74 Å². The molecule has 1 aromatic heterocycles. The van der Waals surface area contributed by atoms with Gasteiger partial charge in [0, 0.05) is 19.1 Å². The minimum absolute atomic E-state index is 0.0636. The van der Waals surface area contributed by atoms with Gasteiger partial charge in [0.15, 0.2) is 0 Å². The fourth-order valence-electron chi connectivity index (χ4n) is 3.03. The Hall–Kier alpha value is -2.07. The van der Waals surface area contributed by atoms with Crippen molar-refractivity contribution in [1.29, 1.82) is 0 Å². The fraction of sp³-hybridized carbons (Fsp3) is 0.389. The second-order valence-corrected chi connectivity index (χ2v) is 5.79. The van der Waals surface area contributed by atoms with Crippen molar-refractivity contribution >= 4 is 5.91 Å². The molecule has 2 aromatic rings. The number of hydrogen-bond donors (Lipinski definition) is 1. The number of nitrogens with one attached hydrogen (secondary N) is 1. The molecule has 0 saturated carbocycles. The van der Waals surface area contributed by atoms with Crippen LogP contribution in [0.2, 0.25) is 0 Å². The third kappa shape index (κ3) is 3.07. The van der Waals surface area contributed by atoms with E-state index in [1.165, 1.54) is 5.56 Å². The Morgan fingerprint density at radius 3 is 2.73 bits per heavy atom. The largest absolute Gasteiger partial charge is 0.466 e. The Morgan fingerprint density at radius 1 is 1.27 bits per heavy atom. The Balaban J connectivity index is 1.63. The van der Waals surface area contributed by atoms with Crippen LogP contribution in [0.25, 0.3) is 0 Å². The summed E-state index contributed by atoms with van der Waals surface area (Å²) in [6.45, 7) is 5.01. The number of carbonyl (C=O) groups is 1. The molecule has 1 aromatic carbocycles. The van der Waals surface area contributed by atoms with Gasteiger partial charge in [0.2, 0.25) is 0 Å². The highest BCUT2D eigenvalue weighted by atomic mass is 16.5. The number of amides is 1. The molecule has 0 radical (unpaired) electrons. The summed E-state index contributed by atoms with van der Waals surface area (Å²) in [7, 11) is 0. The van der Waals surface area contributed by atoms with Crippen molar-refractivity contribution in [2.24, 2.45) is 5.92 Å². The van der Waals surface area contributed by atoms with E-state index in [4.69, 9.17) is 9.15 Å². The van der Waals surface area contributed by atoms with Crippen LogP contribution in [0, 0.1) is 19.8 Å². The minimum Gasteiger partial charge on any atom is -0.466 e. The summed E-state index contributed by atoms with van der Waals surface area (Å²) in [6, 6.07) is 12.0. The number of ether oxygens (including phenoxy) is 1. The van der Waals surface area contributed by atoms with Crippen molar-refractivity contribution in [3.05, 3.63) is 59.0 Å². The zero-order chi connectivity index (χ0) is 15.5. The number of furan rings is 1. The first-order valence-corrected chi connectivity index (χ1v) is 7.67. The van der Waals surface area contributed by atoms with Gasteiger partial charge in [0.05, 0.1) is 11.7 Å². The van der Waals surface area contributed by atoms with Crippen LogP contribution in [0.5, 0.6) is 0 Å². The van der Waals surface area contributed by atoms with E-state index in [1.807, 2.05) is 32.0 Å². The van der Waals surface area contributed by atoms with Crippen LogP contribution < -0.4 is 5.32 Å². The summed E-state index contributed by atoms with van der Waals surface area (Å²) in [5, 5.41) is 3.02. The SMILES string of the molecule is Cc1cc(C(=O)NC[C@H]2CCO[C@@H]2c2ccccc2)c(C)o1. The molecule has 4 heteroatoms. The lowest BCUT2D eigenvalue weighted by molar-refractivity contribution is 0.0845. The highest BCUT2D eigenvalue weighted by Gasteiger charge is 2.30. The van der Waals surface area contributed by atoms with E-state index in [-0.39, 0.29) is 12.0 Å². The van der Waals surface area contributed by atoms with Gasteiger partial charge in [-0.25, -0.2) is 0 Å². The molecule has 2 heterocycles. The van der Waals surface area contributed by atoms with E-state index in [2.05, 4.69) is 17.4 Å². The molecular weight excluding hydrogens is 278 g/mol. The van der Waals surface area contributed by atoms with Crippen LogP contribution in [0.1, 0.15) is 40.0 Å². The fourth-order valence-corrected chi connectivity index (χ4v) is 3.03. The molecular formula is C18H21NO3. The van der Waals surface area contributed by atoms with Crippen LogP contribution in [0.4, 0.5) is 0 Å². The molecule has 1 aliphatic rings. The maximum Gasteiger partial charge on any atom is 0.254 e. The lowest BCUT2D eigenvalue weighted by atomic mass is 9.95. The minimum atomic E-state index is -0.0759. The highest BCUT2D eigenvalue weighted by molar-refractivity contribution is 5.95. The maximum absolute atomic E-state index is 12.3. The molecule has 0 aliphatic carbocycles. The highest BCUT2D eigenvalue weighted by Crippen LogP contribution is 2.33. The molecule has 3 rings (SSSR count). The average molecular weight is 299 g/mol. The van der Waals surface area contributed by atoms with Gasteiger partial charge in [-0.15, -0.1) is 0 Å². The van der Waals surface area contributed by atoms with Crippen molar-refractivity contribution in [1.82, 2.24) is 5.32 Å². The maximum atomic E-state index is 12.3. The first-order valence-electron chi connectivity index (χ1n) is 7.67. The molecule has 116 valence electrons. The number of aryl methyl sites for hydroxylation is 2. The van der Waals surface area contributed by atoms with E-state index in [0.29, 0.717) is 23.8 Å². The summed E-state index contributed by atoms with van der Waals surface area (Å²) < 4.78 is 11.3. The number of carbonyl (C=O) groups excluding carboxylic acids is 1. The van der Waals surface area contributed by atoms with Gasteiger partial charge < -0.3 is 14.5 Å². The van der Waals surface area contributed by atoms with Gasteiger partial charge in [0.1, 0.15) is 11.5 Å². The molecule has 1 fully saturated rings. The topological polar surface area (TPSA) is 51.5 Å². The molecule has 1 amide bonds. The van der Waals surface area contributed by atoms with Crippen LogP contribution in [0.15, 0.2) is 40.8 Å². The van der Waals surface area contributed by atoms with Gasteiger partial charge in [-0.1, -0.05) is 30.3 Å². The van der Waals surface area contributed by atoms with Crippen molar-refractivity contribution < 1.29 is 13.9 Å². The lowest BCUT2D eigenvalue weighted by Gasteiger charge is -2.19. The quantitative estimate of drug-likeness (QED) is 0.941. The van der Waals surface area contributed by atoms with Crippen molar-refractivity contribution in [3.8, 4) is 0 Å². The van der Waals surface area contributed by atoms with Gasteiger partial charge in [-0.3, -0.25) is 4.79 Å². The predicted molar refractivity (Wildman–Crippen MR) is 83.8 cm³/mol. The lowest BCUT2D eigenvalue weighted by Crippen LogP contribution is -2.30. The summed E-state index contributed by atoms with van der Waals surface area (Å²) >= 11 is 0. The first kappa shape index (κ1) is 14.9. The Kier molecular flexibility index (Phi) is 4.29. The van der Waals surface area contributed by atoms with E-state index in [1.54, 1.807) is 6.07 Å². The van der Waals surface area contributed by atoms with Gasteiger partial charge in [0.25, 0.3) is 5.91 Å². The van der Waals surface area contributed by atoms with Crippen LogP contribution in [0.3, 0.4) is 0 Å². The standard InChI is InChI=1S/C18H21NO3/c1-12-10-16(13(2)22-12)18(20)19-11-15-8-9-21-17(15)14-6-4-3-5-7-14/h3-7,10,15,17H,8-9,11H2,1-2H3,(H,19,20)/t15-,17-/m1/s1. The molecule has 1 saturated heterocycles. The van der Waals surface area contributed by atoms with Gasteiger partial charge in [-0.05, 0) is 31.9 Å². The number of hydrogen-bond acceptors (Lipinski definition) is 3. The Labute approximate surface area is 130 Å².